The standard InChI is InChI=1S/C18H31N3/c1-5-21(17-8-6-7-9-17)14-16-11-10-15(12-19-16)13-20-18(2,3)4/h10-12,17,20H,5-9,13-14H2,1-4H3. The Morgan fingerprint density at radius 2 is 1.95 bits per heavy atom. The van der Waals surface area contributed by atoms with Crippen molar-refractivity contribution < 1.29 is 0 Å². The van der Waals surface area contributed by atoms with Gasteiger partial charge in [0.25, 0.3) is 0 Å². The van der Waals surface area contributed by atoms with Gasteiger partial charge in [0.05, 0.1) is 5.69 Å². The molecule has 3 heteroatoms. The van der Waals surface area contributed by atoms with Gasteiger partial charge in [-0.2, -0.15) is 0 Å². The monoisotopic (exact) mass is 289 g/mol. The highest BCUT2D eigenvalue weighted by Crippen LogP contribution is 2.24. The largest absolute Gasteiger partial charge is 0.308 e. The molecular weight excluding hydrogens is 258 g/mol. The van der Waals surface area contributed by atoms with E-state index in [0.717, 1.165) is 25.7 Å². The van der Waals surface area contributed by atoms with Crippen LogP contribution in [0.5, 0.6) is 0 Å². The number of nitrogens with zero attached hydrogens (tertiary/aromatic N) is 2. The van der Waals surface area contributed by atoms with Gasteiger partial charge < -0.3 is 5.32 Å². The van der Waals surface area contributed by atoms with E-state index in [2.05, 4.69) is 55.0 Å². The smallest absolute Gasteiger partial charge is 0.0544 e. The van der Waals surface area contributed by atoms with Crippen LogP contribution in [-0.4, -0.2) is 28.0 Å². The molecule has 0 aliphatic heterocycles. The van der Waals surface area contributed by atoms with Crippen molar-refractivity contribution >= 4 is 0 Å². The van der Waals surface area contributed by atoms with Crippen molar-refractivity contribution in [3.8, 4) is 0 Å². The van der Waals surface area contributed by atoms with Crippen molar-refractivity contribution in [2.45, 2.75) is 78.0 Å². The lowest BCUT2D eigenvalue weighted by Crippen LogP contribution is -2.35. The van der Waals surface area contributed by atoms with Crippen LogP contribution < -0.4 is 5.32 Å². The highest BCUT2D eigenvalue weighted by Gasteiger charge is 2.21. The molecule has 1 saturated carbocycles. The molecule has 0 spiro atoms. The maximum Gasteiger partial charge on any atom is 0.0544 e. The minimum atomic E-state index is 0.153. The molecule has 21 heavy (non-hydrogen) atoms. The molecular formula is C18H31N3. The lowest BCUT2D eigenvalue weighted by atomic mass is 10.1. The second-order valence-electron chi connectivity index (χ2n) is 7.26. The molecule has 0 radical (unpaired) electrons. The highest BCUT2D eigenvalue weighted by atomic mass is 15.2. The Bertz CT molecular complexity index is 413. The molecule has 0 saturated heterocycles. The van der Waals surface area contributed by atoms with Crippen LogP contribution in [0.4, 0.5) is 0 Å². The Hall–Kier alpha value is -0.930. The van der Waals surface area contributed by atoms with Gasteiger partial charge in [0.2, 0.25) is 0 Å². The molecule has 1 aliphatic rings. The molecule has 0 aromatic carbocycles. The molecule has 1 fully saturated rings. The maximum atomic E-state index is 4.66. The van der Waals surface area contributed by atoms with Gasteiger partial charge in [0.15, 0.2) is 0 Å². The summed E-state index contributed by atoms with van der Waals surface area (Å²) >= 11 is 0. The van der Waals surface area contributed by atoms with Crippen LogP contribution in [0.25, 0.3) is 0 Å². The first kappa shape index (κ1) is 16.4. The van der Waals surface area contributed by atoms with Crippen molar-refractivity contribution in [2.24, 2.45) is 0 Å². The summed E-state index contributed by atoms with van der Waals surface area (Å²) in [7, 11) is 0. The third-order valence-electron chi connectivity index (χ3n) is 4.32. The quantitative estimate of drug-likeness (QED) is 0.865. The molecule has 0 bridgehead atoms. The van der Waals surface area contributed by atoms with Gasteiger partial charge in [0.1, 0.15) is 0 Å². The minimum Gasteiger partial charge on any atom is -0.308 e. The van der Waals surface area contributed by atoms with Crippen molar-refractivity contribution in [3.63, 3.8) is 0 Å². The van der Waals surface area contributed by atoms with E-state index < -0.39 is 0 Å². The Kier molecular flexibility index (Phi) is 5.77. The van der Waals surface area contributed by atoms with Crippen molar-refractivity contribution in [1.82, 2.24) is 15.2 Å². The molecule has 0 unspecified atom stereocenters. The van der Waals surface area contributed by atoms with E-state index in [1.807, 2.05) is 6.20 Å². The number of nitrogens with one attached hydrogen (secondary N) is 1. The summed E-state index contributed by atoms with van der Waals surface area (Å²) in [5.41, 5.74) is 2.61. The second-order valence-corrected chi connectivity index (χ2v) is 7.26. The second kappa shape index (κ2) is 7.37. The van der Waals surface area contributed by atoms with Crippen LogP contribution in [-0.2, 0) is 13.1 Å². The van der Waals surface area contributed by atoms with Crippen LogP contribution in [0, 0.1) is 0 Å². The lowest BCUT2D eigenvalue weighted by Gasteiger charge is -2.27. The number of aromatic nitrogens is 1. The average Bonchev–Trinajstić information content (AvgIpc) is 2.97. The fraction of sp³-hybridized carbons (Fsp3) is 0.722. The summed E-state index contributed by atoms with van der Waals surface area (Å²) in [6.45, 7) is 11.8. The van der Waals surface area contributed by atoms with Crippen LogP contribution in [0.2, 0.25) is 0 Å². The molecule has 2 rings (SSSR count). The van der Waals surface area contributed by atoms with Crippen LogP contribution in [0.1, 0.15) is 64.6 Å². The average molecular weight is 289 g/mol. The van der Waals surface area contributed by atoms with E-state index in [-0.39, 0.29) is 5.54 Å². The Morgan fingerprint density at radius 1 is 1.24 bits per heavy atom. The van der Waals surface area contributed by atoms with Crippen LogP contribution >= 0.6 is 0 Å². The topological polar surface area (TPSA) is 28.2 Å². The molecule has 1 N–H and O–H groups in total. The van der Waals surface area contributed by atoms with Gasteiger partial charge in [-0.05, 0) is 51.8 Å². The van der Waals surface area contributed by atoms with Gasteiger partial charge >= 0.3 is 0 Å². The molecule has 0 amide bonds. The van der Waals surface area contributed by atoms with Crippen molar-refractivity contribution in [1.29, 1.82) is 0 Å². The fourth-order valence-corrected chi connectivity index (χ4v) is 3.00. The summed E-state index contributed by atoms with van der Waals surface area (Å²) in [5, 5.41) is 3.50. The van der Waals surface area contributed by atoms with Gasteiger partial charge in [-0.1, -0.05) is 25.8 Å². The van der Waals surface area contributed by atoms with E-state index in [9.17, 15) is 0 Å². The van der Waals surface area contributed by atoms with Crippen molar-refractivity contribution in [3.05, 3.63) is 29.6 Å². The van der Waals surface area contributed by atoms with Gasteiger partial charge in [-0.15, -0.1) is 0 Å². The normalized spacial score (nSPS) is 16.8. The summed E-state index contributed by atoms with van der Waals surface area (Å²) in [6, 6.07) is 5.18. The Morgan fingerprint density at radius 3 is 2.48 bits per heavy atom. The Labute approximate surface area is 130 Å². The van der Waals surface area contributed by atoms with Gasteiger partial charge in [0, 0.05) is 30.9 Å². The molecule has 1 heterocycles. The van der Waals surface area contributed by atoms with E-state index in [0.29, 0.717) is 0 Å². The third kappa shape index (κ3) is 5.40. The molecule has 1 aromatic rings. The molecule has 0 atom stereocenters. The number of hydrogen-bond acceptors (Lipinski definition) is 3. The molecule has 3 nitrogen and oxygen atoms in total. The van der Waals surface area contributed by atoms with Gasteiger partial charge in [-0.25, -0.2) is 0 Å². The zero-order valence-electron chi connectivity index (χ0n) is 14.2. The first-order chi connectivity index (χ1) is 9.98. The predicted octanol–water partition coefficient (Wildman–Crippen LogP) is 3.73. The molecule has 118 valence electrons. The molecule has 1 aliphatic carbocycles. The lowest BCUT2D eigenvalue weighted by molar-refractivity contribution is 0.198. The van der Waals surface area contributed by atoms with E-state index >= 15 is 0 Å². The zero-order chi connectivity index (χ0) is 15.3. The maximum absolute atomic E-state index is 4.66. The van der Waals surface area contributed by atoms with Crippen LogP contribution in [0.15, 0.2) is 18.3 Å². The fourth-order valence-electron chi connectivity index (χ4n) is 3.00. The highest BCUT2D eigenvalue weighted by molar-refractivity contribution is 5.14. The number of hydrogen-bond donors (Lipinski definition) is 1. The summed E-state index contributed by atoms with van der Waals surface area (Å²) in [5.74, 6) is 0. The Balaban J connectivity index is 1.89. The van der Waals surface area contributed by atoms with Crippen molar-refractivity contribution in [2.75, 3.05) is 6.54 Å². The SMILES string of the molecule is CCN(Cc1ccc(CNC(C)(C)C)cn1)C1CCCC1. The summed E-state index contributed by atoms with van der Waals surface area (Å²) < 4.78 is 0. The summed E-state index contributed by atoms with van der Waals surface area (Å²) in [4.78, 5) is 7.24. The first-order valence-electron chi connectivity index (χ1n) is 8.41. The summed E-state index contributed by atoms with van der Waals surface area (Å²) in [6.07, 6.45) is 7.54. The van der Waals surface area contributed by atoms with E-state index in [1.54, 1.807) is 0 Å². The molecule has 1 aromatic heterocycles. The van der Waals surface area contributed by atoms with Gasteiger partial charge in [-0.3, -0.25) is 9.88 Å². The predicted molar refractivity (Wildman–Crippen MR) is 89.2 cm³/mol. The zero-order valence-corrected chi connectivity index (χ0v) is 14.2. The van der Waals surface area contributed by atoms with Crippen LogP contribution in [0.3, 0.4) is 0 Å². The number of pyridine rings is 1. The number of rotatable bonds is 6. The first-order valence-corrected chi connectivity index (χ1v) is 8.41. The van der Waals surface area contributed by atoms with E-state index in [1.165, 1.54) is 36.9 Å². The van der Waals surface area contributed by atoms with E-state index in [4.69, 9.17) is 0 Å². The minimum absolute atomic E-state index is 0.153. The third-order valence-corrected chi connectivity index (χ3v) is 4.32.